The fourth-order valence-corrected chi connectivity index (χ4v) is 2.39. The van der Waals surface area contributed by atoms with Crippen LogP contribution in [0.4, 0.5) is 13.6 Å². The van der Waals surface area contributed by atoms with Gasteiger partial charge in [-0.3, -0.25) is 0 Å². The number of halogens is 2. The van der Waals surface area contributed by atoms with Crippen molar-refractivity contribution in [1.29, 1.82) is 0 Å². The Morgan fingerprint density at radius 2 is 1.75 bits per heavy atom. The summed E-state index contributed by atoms with van der Waals surface area (Å²) in [5, 5.41) is 15.1. The number of hydrogen-bond donors (Lipinski definition) is 3. The predicted octanol–water partition coefficient (Wildman–Crippen LogP) is 2.85. The molecule has 2 amide bonds. The first-order valence-corrected chi connectivity index (χ1v) is 7.67. The fourth-order valence-electron chi connectivity index (χ4n) is 2.39. The summed E-state index contributed by atoms with van der Waals surface area (Å²) in [6.45, 7) is 2.01. The molecule has 0 bridgehead atoms. The van der Waals surface area contributed by atoms with Crippen LogP contribution in [-0.2, 0) is 6.42 Å². The summed E-state index contributed by atoms with van der Waals surface area (Å²) in [6.07, 6.45) is -0.771. The average Bonchev–Trinajstić information content (AvgIpc) is 2.56. The SMILES string of the molecule is Cc1ccccc1C(O)CNC(=O)NCCc1c(F)cccc1F. The first kappa shape index (κ1) is 17.9. The van der Waals surface area contributed by atoms with Gasteiger partial charge in [0.25, 0.3) is 0 Å². The number of carbonyl (C=O) groups is 1. The zero-order chi connectivity index (χ0) is 17.5. The van der Waals surface area contributed by atoms with Crippen LogP contribution < -0.4 is 10.6 Å². The van der Waals surface area contributed by atoms with Crippen molar-refractivity contribution in [2.24, 2.45) is 0 Å². The van der Waals surface area contributed by atoms with Gasteiger partial charge in [0.15, 0.2) is 0 Å². The molecule has 0 aliphatic rings. The quantitative estimate of drug-likeness (QED) is 0.761. The molecule has 0 fully saturated rings. The third kappa shape index (κ3) is 4.76. The van der Waals surface area contributed by atoms with Crippen LogP contribution in [0, 0.1) is 18.6 Å². The number of rotatable bonds is 6. The second kappa shape index (κ2) is 8.40. The Morgan fingerprint density at radius 1 is 1.08 bits per heavy atom. The van der Waals surface area contributed by atoms with Gasteiger partial charge in [-0.1, -0.05) is 30.3 Å². The van der Waals surface area contributed by atoms with Crippen molar-refractivity contribution >= 4 is 6.03 Å². The summed E-state index contributed by atoms with van der Waals surface area (Å²) in [4.78, 5) is 11.7. The lowest BCUT2D eigenvalue weighted by molar-refractivity contribution is 0.172. The number of aryl methyl sites for hydroxylation is 1. The van der Waals surface area contributed by atoms with E-state index in [4.69, 9.17) is 0 Å². The van der Waals surface area contributed by atoms with Crippen LogP contribution in [0.3, 0.4) is 0 Å². The third-order valence-corrected chi connectivity index (χ3v) is 3.73. The minimum absolute atomic E-state index is 0.0464. The highest BCUT2D eigenvalue weighted by molar-refractivity contribution is 5.73. The van der Waals surface area contributed by atoms with E-state index in [-0.39, 0.29) is 25.1 Å². The van der Waals surface area contributed by atoms with Gasteiger partial charge < -0.3 is 15.7 Å². The lowest BCUT2D eigenvalue weighted by Crippen LogP contribution is -2.38. The molecule has 24 heavy (non-hydrogen) atoms. The summed E-state index contributed by atoms with van der Waals surface area (Å²) >= 11 is 0. The number of urea groups is 1. The van der Waals surface area contributed by atoms with Crippen LogP contribution in [0.15, 0.2) is 42.5 Å². The summed E-state index contributed by atoms with van der Waals surface area (Å²) < 4.78 is 26.9. The van der Waals surface area contributed by atoms with Crippen LogP contribution in [-0.4, -0.2) is 24.2 Å². The first-order chi connectivity index (χ1) is 11.5. The molecule has 2 aromatic rings. The van der Waals surface area contributed by atoms with Crippen molar-refractivity contribution in [2.45, 2.75) is 19.4 Å². The fraction of sp³-hybridized carbons (Fsp3) is 0.278. The standard InChI is InChI=1S/C18H20F2N2O2/c1-12-5-2-3-6-13(12)17(23)11-22-18(24)21-10-9-14-15(19)7-4-8-16(14)20/h2-8,17,23H,9-11H2,1H3,(H2,21,22,24). The van der Waals surface area contributed by atoms with Crippen LogP contribution in [0.1, 0.15) is 22.8 Å². The second-order valence-electron chi connectivity index (χ2n) is 5.46. The van der Waals surface area contributed by atoms with Gasteiger partial charge in [0.1, 0.15) is 11.6 Å². The Labute approximate surface area is 139 Å². The zero-order valence-electron chi connectivity index (χ0n) is 13.4. The molecule has 1 unspecified atom stereocenters. The minimum Gasteiger partial charge on any atom is -0.387 e. The van der Waals surface area contributed by atoms with Crippen molar-refractivity contribution in [3.63, 3.8) is 0 Å². The van der Waals surface area contributed by atoms with E-state index in [0.29, 0.717) is 0 Å². The van der Waals surface area contributed by atoms with E-state index in [1.54, 1.807) is 6.07 Å². The zero-order valence-corrected chi connectivity index (χ0v) is 13.4. The maximum absolute atomic E-state index is 13.5. The molecular weight excluding hydrogens is 314 g/mol. The molecule has 0 saturated carbocycles. The second-order valence-corrected chi connectivity index (χ2v) is 5.46. The van der Waals surface area contributed by atoms with Gasteiger partial charge in [-0.25, -0.2) is 13.6 Å². The van der Waals surface area contributed by atoms with Crippen molar-refractivity contribution in [2.75, 3.05) is 13.1 Å². The Balaban J connectivity index is 1.77. The van der Waals surface area contributed by atoms with Gasteiger partial charge in [0.2, 0.25) is 0 Å². The minimum atomic E-state index is -0.819. The number of aliphatic hydroxyl groups excluding tert-OH is 1. The van der Waals surface area contributed by atoms with E-state index in [9.17, 15) is 18.7 Å². The molecular formula is C18H20F2N2O2. The average molecular weight is 334 g/mol. The molecule has 0 aliphatic heterocycles. The number of nitrogens with one attached hydrogen (secondary N) is 2. The summed E-state index contributed by atoms with van der Waals surface area (Å²) in [5.74, 6) is -1.26. The monoisotopic (exact) mass is 334 g/mol. The molecule has 4 nitrogen and oxygen atoms in total. The van der Waals surface area contributed by atoms with Crippen LogP contribution in [0.2, 0.25) is 0 Å². The Bertz CT molecular complexity index is 687. The van der Waals surface area contributed by atoms with E-state index in [2.05, 4.69) is 10.6 Å². The van der Waals surface area contributed by atoms with Gasteiger partial charge >= 0.3 is 6.03 Å². The lowest BCUT2D eigenvalue weighted by atomic mass is 10.0. The number of benzene rings is 2. The highest BCUT2D eigenvalue weighted by Crippen LogP contribution is 2.16. The molecule has 3 N–H and O–H groups in total. The molecule has 0 saturated heterocycles. The van der Waals surface area contributed by atoms with Gasteiger partial charge in [0.05, 0.1) is 6.10 Å². The summed E-state index contributed by atoms with van der Waals surface area (Å²) in [5.41, 5.74) is 1.62. The third-order valence-electron chi connectivity index (χ3n) is 3.73. The maximum Gasteiger partial charge on any atom is 0.314 e. The van der Waals surface area contributed by atoms with E-state index < -0.39 is 23.8 Å². The molecule has 0 spiro atoms. The van der Waals surface area contributed by atoms with E-state index in [1.165, 1.54) is 18.2 Å². The van der Waals surface area contributed by atoms with E-state index in [0.717, 1.165) is 11.1 Å². The summed E-state index contributed by atoms with van der Waals surface area (Å²) in [6, 6.07) is 10.5. The van der Waals surface area contributed by atoms with Crippen molar-refractivity contribution in [3.8, 4) is 0 Å². The van der Waals surface area contributed by atoms with Crippen molar-refractivity contribution in [1.82, 2.24) is 10.6 Å². The Hall–Kier alpha value is -2.47. The molecule has 2 rings (SSSR count). The molecule has 0 heterocycles. The molecule has 0 aromatic heterocycles. The van der Waals surface area contributed by atoms with Crippen LogP contribution in [0.5, 0.6) is 0 Å². The highest BCUT2D eigenvalue weighted by atomic mass is 19.1. The molecule has 128 valence electrons. The molecule has 0 aliphatic carbocycles. The number of hydrogen-bond acceptors (Lipinski definition) is 2. The highest BCUT2D eigenvalue weighted by Gasteiger charge is 2.12. The van der Waals surface area contributed by atoms with Gasteiger partial charge in [0, 0.05) is 18.7 Å². The Morgan fingerprint density at radius 3 is 2.42 bits per heavy atom. The number of amides is 2. The smallest absolute Gasteiger partial charge is 0.314 e. The maximum atomic E-state index is 13.5. The number of aliphatic hydroxyl groups is 1. The lowest BCUT2D eigenvalue weighted by Gasteiger charge is -2.15. The summed E-state index contributed by atoms with van der Waals surface area (Å²) in [7, 11) is 0. The van der Waals surface area contributed by atoms with Crippen molar-refractivity contribution in [3.05, 3.63) is 70.8 Å². The van der Waals surface area contributed by atoms with Gasteiger partial charge in [-0.2, -0.15) is 0 Å². The molecule has 2 aromatic carbocycles. The normalized spacial score (nSPS) is 11.8. The topological polar surface area (TPSA) is 61.4 Å². The van der Waals surface area contributed by atoms with Crippen LogP contribution in [0.25, 0.3) is 0 Å². The molecule has 6 heteroatoms. The number of carbonyl (C=O) groups excluding carboxylic acids is 1. The van der Waals surface area contributed by atoms with Gasteiger partial charge in [-0.15, -0.1) is 0 Å². The van der Waals surface area contributed by atoms with Gasteiger partial charge in [-0.05, 0) is 36.6 Å². The van der Waals surface area contributed by atoms with E-state index >= 15 is 0 Å². The largest absolute Gasteiger partial charge is 0.387 e. The first-order valence-electron chi connectivity index (χ1n) is 7.67. The predicted molar refractivity (Wildman–Crippen MR) is 87.6 cm³/mol. The van der Waals surface area contributed by atoms with Crippen LogP contribution >= 0.6 is 0 Å². The molecule has 0 radical (unpaired) electrons. The Kier molecular flexibility index (Phi) is 6.26. The van der Waals surface area contributed by atoms with E-state index in [1.807, 2.05) is 25.1 Å². The molecule has 1 atom stereocenters. The van der Waals surface area contributed by atoms with Crippen molar-refractivity contribution < 1.29 is 18.7 Å².